The van der Waals surface area contributed by atoms with Gasteiger partial charge < -0.3 is 9.80 Å². The summed E-state index contributed by atoms with van der Waals surface area (Å²) in [5.41, 5.74) is 1.80. The van der Waals surface area contributed by atoms with E-state index in [1.54, 1.807) is 43.2 Å². The lowest BCUT2D eigenvalue weighted by Gasteiger charge is -2.31. The molecule has 0 aliphatic carbocycles. The van der Waals surface area contributed by atoms with Gasteiger partial charge in [0, 0.05) is 45.1 Å². The van der Waals surface area contributed by atoms with Crippen LogP contribution in [0.4, 0.5) is 0 Å². The zero-order valence-electron chi connectivity index (χ0n) is 14.6. The Labute approximate surface area is 150 Å². The second kappa shape index (κ2) is 7.19. The molecule has 0 unspecified atom stereocenters. The summed E-state index contributed by atoms with van der Waals surface area (Å²) in [4.78, 5) is 38.3. The fourth-order valence-corrected chi connectivity index (χ4v) is 4.35. The summed E-state index contributed by atoms with van der Waals surface area (Å²) in [6.45, 7) is 2.96. The number of likely N-dealkylation sites (tertiary alicyclic amines) is 1. The quantitative estimate of drug-likeness (QED) is 0.773. The Morgan fingerprint density at radius 2 is 1.92 bits per heavy atom. The van der Waals surface area contributed by atoms with E-state index in [-0.39, 0.29) is 17.7 Å². The second-order valence-corrected chi connectivity index (χ2v) is 7.20. The van der Waals surface area contributed by atoms with E-state index in [2.05, 4.69) is 21.8 Å². The summed E-state index contributed by atoms with van der Waals surface area (Å²) in [6.07, 6.45) is 4.91. The Morgan fingerprint density at radius 3 is 2.56 bits per heavy atom. The molecule has 0 spiro atoms. The van der Waals surface area contributed by atoms with Gasteiger partial charge in [-0.1, -0.05) is 5.92 Å². The first-order valence-corrected chi connectivity index (χ1v) is 9.01. The topological polar surface area (TPSA) is 66.4 Å². The van der Waals surface area contributed by atoms with Crippen molar-refractivity contribution in [3.05, 3.63) is 22.8 Å². The third kappa shape index (κ3) is 3.35. The predicted octanol–water partition coefficient (Wildman–Crippen LogP) is 2.12. The van der Waals surface area contributed by atoms with Crippen molar-refractivity contribution in [1.29, 1.82) is 0 Å². The molecule has 1 fully saturated rings. The average molecular weight is 356 g/mol. The minimum atomic E-state index is -0.125. The molecule has 0 N–H and O–H groups in total. The highest BCUT2D eigenvalue weighted by Gasteiger charge is 2.30. The number of carbonyl (C=O) groups is 2. The molecule has 1 aliphatic rings. The number of aromatic nitrogens is 2. The maximum atomic E-state index is 12.6. The molecule has 2 aromatic heterocycles. The first-order chi connectivity index (χ1) is 12.0. The van der Waals surface area contributed by atoms with Crippen LogP contribution in [0.2, 0.25) is 0 Å². The van der Waals surface area contributed by atoms with Gasteiger partial charge in [-0.15, -0.1) is 11.3 Å². The van der Waals surface area contributed by atoms with Crippen molar-refractivity contribution < 1.29 is 9.59 Å². The highest BCUT2D eigenvalue weighted by atomic mass is 32.1. The first kappa shape index (κ1) is 17.4. The van der Waals surface area contributed by atoms with Crippen LogP contribution in [0, 0.1) is 11.8 Å². The molecule has 0 bridgehead atoms. The molecule has 6 nitrogen and oxygen atoms in total. The number of piperidine rings is 1. The summed E-state index contributed by atoms with van der Waals surface area (Å²) in [6, 6.07) is 0. The minimum absolute atomic E-state index is 0.0184. The van der Waals surface area contributed by atoms with Crippen LogP contribution in [0.25, 0.3) is 10.3 Å². The average Bonchev–Trinajstić information content (AvgIpc) is 3.00. The zero-order chi connectivity index (χ0) is 18.0. The molecule has 1 aliphatic heterocycles. The lowest BCUT2D eigenvalue weighted by molar-refractivity contribution is -0.126. The van der Waals surface area contributed by atoms with Gasteiger partial charge in [-0.2, -0.15) is 0 Å². The van der Waals surface area contributed by atoms with E-state index in [9.17, 15) is 9.59 Å². The largest absolute Gasteiger partial charge is 0.344 e. The molecule has 2 amide bonds. The van der Waals surface area contributed by atoms with Crippen molar-refractivity contribution in [3.8, 4) is 11.8 Å². The van der Waals surface area contributed by atoms with E-state index in [0.29, 0.717) is 18.0 Å². The normalized spacial score (nSPS) is 14.9. The monoisotopic (exact) mass is 356 g/mol. The maximum absolute atomic E-state index is 12.6. The van der Waals surface area contributed by atoms with E-state index in [4.69, 9.17) is 0 Å². The van der Waals surface area contributed by atoms with Gasteiger partial charge in [0.05, 0.1) is 4.88 Å². The van der Waals surface area contributed by atoms with Crippen LogP contribution in [0.1, 0.15) is 40.9 Å². The number of rotatable bonds is 2. The number of hydrogen-bond donors (Lipinski definition) is 0. The van der Waals surface area contributed by atoms with Crippen LogP contribution in [0.3, 0.4) is 0 Å². The molecule has 0 aromatic carbocycles. The molecule has 2 aromatic rings. The molecule has 25 heavy (non-hydrogen) atoms. The Morgan fingerprint density at radius 1 is 1.24 bits per heavy atom. The fourth-order valence-electron chi connectivity index (χ4n) is 3.14. The molecule has 7 heteroatoms. The van der Waals surface area contributed by atoms with Gasteiger partial charge in [-0.05, 0) is 31.6 Å². The van der Waals surface area contributed by atoms with Crippen molar-refractivity contribution >= 4 is 33.5 Å². The van der Waals surface area contributed by atoms with E-state index in [0.717, 1.165) is 28.8 Å². The molecular formula is C18H20N4O2S. The summed E-state index contributed by atoms with van der Waals surface area (Å²) in [7, 11) is 3.50. The van der Waals surface area contributed by atoms with E-state index >= 15 is 0 Å². The third-order valence-corrected chi connectivity index (χ3v) is 5.48. The number of nitrogens with zero attached hydrogens (tertiary/aromatic N) is 4. The standard InChI is InChI=1S/C18H20N4O2S/c1-4-5-13(23)22-10-6-12(7-11-22)14-15-17(20-9-8-19-15)25-16(14)18(24)21(2)3/h8-9,12H,6-7,10-11H2,1-3H3. The summed E-state index contributed by atoms with van der Waals surface area (Å²) in [5.74, 6) is 5.31. The van der Waals surface area contributed by atoms with Crippen LogP contribution in [-0.2, 0) is 4.79 Å². The van der Waals surface area contributed by atoms with Crippen molar-refractivity contribution in [2.75, 3.05) is 27.2 Å². The van der Waals surface area contributed by atoms with Gasteiger partial charge in [0.2, 0.25) is 0 Å². The van der Waals surface area contributed by atoms with E-state index in [1.807, 2.05) is 0 Å². The fraction of sp³-hybridized carbons (Fsp3) is 0.444. The Bertz CT molecular complexity index is 870. The Balaban J connectivity index is 1.93. The Kier molecular flexibility index (Phi) is 5.00. The molecule has 1 saturated heterocycles. The summed E-state index contributed by atoms with van der Waals surface area (Å²) in [5, 5.41) is 0. The van der Waals surface area contributed by atoms with Crippen molar-refractivity contribution in [2.24, 2.45) is 0 Å². The van der Waals surface area contributed by atoms with E-state index in [1.165, 1.54) is 11.3 Å². The lowest BCUT2D eigenvalue weighted by Crippen LogP contribution is -2.37. The molecule has 3 rings (SSSR count). The van der Waals surface area contributed by atoms with Crippen LogP contribution in [0.5, 0.6) is 0 Å². The number of thiophene rings is 1. The Hall–Kier alpha value is -2.46. The van der Waals surface area contributed by atoms with Crippen LogP contribution < -0.4 is 0 Å². The van der Waals surface area contributed by atoms with E-state index < -0.39 is 0 Å². The van der Waals surface area contributed by atoms with Gasteiger partial charge >= 0.3 is 0 Å². The third-order valence-electron chi connectivity index (χ3n) is 4.39. The van der Waals surface area contributed by atoms with Gasteiger partial charge in [-0.25, -0.2) is 4.98 Å². The summed E-state index contributed by atoms with van der Waals surface area (Å²) < 4.78 is 0. The van der Waals surface area contributed by atoms with Crippen molar-refractivity contribution in [2.45, 2.75) is 25.7 Å². The molecule has 0 saturated carbocycles. The highest BCUT2D eigenvalue weighted by molar-refractivity contribution is 7.20. The van der Waals surface area contributed by atoms with Crippen molar-refractivity contribution in [1.82, 2.24) is 19.8 Å². The zero-order valence-corrected chi connectivity index (χ0v) is 15.4. The number of amides is 2. The number of fused-ring (bicyclic) bond motifs is 1. The number of carbonyl (C=O) groups excluding carboxylic acids is 2. The SMILES string of the molecule is CC#CC(=O)N1CCC(c2c(C(=O)N(C)C)sc3nccnc23)CC1. The van der Waals surface area contributed by atoms with Gasteiger partial charge in [0.15, 0.2) is 0 Å². The molecule has 0 atom stereocenters. The van der Waals surface area contributed by atoms with Crippen molar-refractivity contribution in [3.63, 3.8) is 0 Å². The number of hydrogen-bond acceptors (Lipinski definition) is 5. The first-order valence-electron chi connectivity index (χ1n) is 8.19. The van der Waals surface area contributed by atoms with Gasteiger partial charge in [0.25, 0.3) is 11.8 Å². The molecule has 0 radical (unpaired) electrons. The minimum Gasteiger partial charge on any atom is -0.344 e. The van der Waals surface area contributed by atoms with Crippen LogP contribution in [-0.4, -0.2) is 58.8 Å². The molecule has 130 valence electrons. The van der Waals surface area contributed by atoms with Gasteiger partial charge in [0.1, 0.15) is 10.3 Å². The maximum Gasteiger partial charge on any atom is 0.298 e. The summed E-state index contributed by atoms with van der Waals surface area (Å²) >= 11 is 1.40. The van der Waals surface area contributed by atoms with Crippen LogP contribution >= 0.6 is 11.3 Å². The molecular weight excluding hydrogens is 336 g/mol. The van der Waals surface area contributed by atoms with Gasteiger partial charge in [-0.3, -0.25) is 14.6 Å². The van der Waals surface area contributed by atoms with Crippen LogP contribution in [0.15, 0.2) is 12.4 Å². The lowest BCUT2D eigenvalue weighted by atomic mass is 9.88. The highest BCUT2D eigenvalue weighted by Crippen LogP contribution is 2.39. The predicted molar refractivity (Wildman–Crippen MR) is 97.4 cm³/mol. The smallest absolute Gasteiger partial charge is 0.298 e. The second-order valence-electron chi connectivity index (χ2n) is 6.20. The molecule has 3 heterocycles.